The van der Waals surface area contributed by atoms with Gasteiger partial charge in [-0.3, -0.25) is 10.1 Å². The monoisotopic (exact) mass is 350 g/mol. The molecular formula is C13H16Cl2N2O3S. The molecule has 1 fully saturated rings. The second-order valence-corrected chi connectivity index (χ2v) is 6.35. The Morgan fingerprint density at radius 1 is 1.57 bits per heavy atom. The first-order valence-corrected chi connectivity index (χ1v) is 8.32. The lowest BCUT2D eigenvalue weighted by molar-refractivity contribution is -0.122. The van der Waals surface area contributed by atoms with E-state index in [1.807, 2.05) is 0 Å². The number of hydrogen-bond donors (Lipinski definition) is 3. The fourth-order valence-electron chi connectivity index (χ4n) is 1.75. The van der Waals surface area contributed by atoms with Crippen LogP contribution >= 0.6 is 35.0 Å². The molecule has 8 heteroatoms. The van der Waals surface area contributed by atoms with E-state index in [2.05, 4.69) is 10.6 Å². The molecule has 0 unspecified atom stereocenters. The highest BCUT2D eigenvalue weighted by molar-refractivity contribution is 7.99. The Balaban J connectivity index is 1.73. The van der Waals surface area contributed by atoms with Crippen LogP contribution in [0.3, 0.4) is 0 Å². The average Bonchev–Trinajstić information content (AvgIpc) is 3.00. The molecule has 21 heavy (non-hydrogen) atoms. The SMILES string of the molecule is O=C(NC[C@@H](O)COc1cccc(Cl)c1Cl)[C@H]1CSCN1. The Hall–Kier alpha value is -0.660. The Labute approximate surface area is 137 Å². The van der Waals surface area contributed by atoms with Crippen molar-refractivity contribution >= 4 is 40.9 Å². The smallest absolute Gasteiger partial charge is 0.238 e. The molecule has 0 aliphatic carbocycles. The van der Waals surface area contributed by atoms with Crippen molar-refractivity contribution in [3.8, 4) is 5.75 Å². The summed E-state index contributed by atoms with van der Waals surface area (Å²) in [6, 6.07) is 4.84. The third-order valence-electron chi connectivity index (χ3n) is 2.89. The quantitative estimate of drug-likeness (QED) is 0.725. The van der Waals surface area contributed by atoms with Crippen LogP contribution in [0.25, 0.3) is 0 Å². The molecule has 1 saturated heterocycles. The molecule has 0 bridgehead atoms. The van der Waals surface area contributed by atoms with Crippen LogP contribution in [0.5, 0.6) is 5.75 Å². The first-order chi connectivity index (χ1) is 10.1. The summed E-state index contributed by atoms with van der Waals surface area (Å²) >= 11 is 13.5. The van der Waals surface area contributed by atoms with Crippen LogP contribution in [-0.4, -0.2) is 47.9 Å². The van der Waals surface area contributed by atoms with Crippen molar-refractivity contribution in [3.63, 3.8) is 0 Å². The van der Waals surface area contributed by atoms with E-state index < -0.39 is 6.10 Å². The molecule has 1 amide bonds. The van der Waals surface area contributed by atoms with E-state index in [0.29, 0.717) is 15.8 Å². The van der Waals surface area contributed by atoms with Crippen molar-refractivity contribution in [2.24, 2.45) is 0 Å². The highest BCUT2D eigenvalue weighted by Crippen LogP contribution is 2.31. The first kappa shape index (κ1) is 16.7. The maximum absolute atomic E-state index is 11.7. The molecule has 0 radical (unpaired) electrons. The molecule has 3 N–H and O–H groups in total. The fraction of sp³-hybridized carbons (Fsp3) is 0.462. The van der Waals surface area contributed by atoms with E-state index in [-0.39, 0.29) is 25.1 Å². The van der Waals surface area contributed by atoms with Crippen molar-refractivity contribution in [2.75, 3.05) is 24.8 Å². The van der Waals surface area contributed by atoms with Gasteiger partial charge in [-0.15, -0.1) is 11.8 Å². The largest absolute Gasteiger partial charge is 0.489 e. The van der Waals surface area contributed by atoms with Gasteiger partial charge >= 0.3 is 0 Å². The third kappa shape index (κ3) is 4.93. The Kier molecular flexibility index (Phi) is 6.44. The number of thioether (sulfide) groups is 1. The second-order valence-electron chi connectivity index (χ2n) is 4.53. The Morgan fingerprint density at radius 2 is 2.38 bits per heavy atom. The van der Waals surface area contributed by atoms with Gasteiger partial charge in [0.15, 0.2) is 0 Å². The van der Waals surface area contributed by atoms with Crippen molar-refractivity contribution in [3.05, 3.63) is 28.2 Å². The van der Waals surface area contributed by atoms with Gasteiger partial charge < -0.3 is 15.2 Å². The molecule has 0 aromatic heterocycles. The summed E-state index contributed by atoms with van der Waals surface area (Å²) in [5.74, 6) is 1.82. The lowest BCUT2D eigenvalue weighted by Gasteiger charge is -2.16. The molecule has 2 atom stereocenters. The summed E-state index contributed by atoms with van der Waals surface area (Å²) in [4.78, 5) is 11.7. The number of carbonyl (C=O) groups excluding carboxylic acids is 1. The van der Waals surface area contributed by atoms with E-state index in [4.69, 9.17) is 27.9 Å². The number of ether oxygens (including phenoxy) is 1. The number of rotatable bonds is 6. The van der Waals surface area contributed by atoms with E-state index in [1.54, 1.807) is 30.0 Å². The third-order valence-corrected chi connectivity index (χ3v) is 4.63. The molecule has 1 aromatic carbocycles. The van der Waals surface area contributed by atoms with Crippen molar-refractivity contribution < 1.29 is 14.6 Å². The summed E-state index contributed by atoms with van der Waals surface area (Å²) < 4.78 is 5.40. The number of aliphatic hydroxyl groups excluding tert-OH is 1. The summed E-state index contributed by atoms with van der Waals surface area (Å²) in [6.07, 6.45) is -0.821. The molecule has 5 nitrogen and oxygen atoms in total. The van der Waals surface area contributed by atoms with Crippen molar-refractivity contribution in [2.45, 2.75) is 12.1 Å². The van der Waals surface area contributed by atoms with Crippen molar-refractivity contribution in [1.29, 1.82) is 0 Å². The van der Waals surface area contributed by atoms with Gasteiger partial charge in [-0.1, -0.05) is 29.3 Å². The van der Waals surface area contributed by atoms with Gasteiger partial charge in [-0.05, 0) is 12.1 Å². The summed E-state index contributed by atoms with van der Waals surface area (Å²) in [6.45, 7) is 0.146. The predicted octanol–water partition coefficient (Wildman–Crippen LogP) is 1.51. The summed E-state index contributed by atoms with van der Waals surface area (Å²) in [5, 5.41) is 16.3. The number of hydrogen-bond acceptors (Lipinski definition) is 5. The minimum atomic E-state index is -0.821. The van der Waals surface area contributed by atoms with E-state index >= 15 is 0 Å². The molecule has 1 heterocycles. The summed E-state index contributed by atoms with van der Waals surface area (Å²) in [7, 11) is 0. The highest BCUT2D eigenvalue weighted by atomic mass is 35.5. The van der Waals surface area contributed by atoms with Gasteiger partial charge in [0.2, 0.25) is 5.91 Å². The first-order valence-electron chi connectivity index (χ1n) is 6.41. The van der Waals surface area contributed by atoms with Crippen LogP contribution in [0, 0.1) is 0 Å². The topological polar surface area (TPSA) is 70.6 Å². The zero-order valence-electron chi connectivity index (χ0n) is 11.1. The lowest BCUT2D eigenvalue weighted by atomic mass is 10.3. The van der Waals surface area contributed by atoms with Crippen molar-refractivity contribution in [1.82, 2.24) is 10.6 Å². The normalized spacial score (nSPS) is 19.3. The minimum absolute atomic E-state index is 0.0210. The van der Waals surface area contributed by atoms with Crippen LogP contribution in [0.4, 0.5) is 0 Å². The molecule has 1 aliphatic heterocycles. The molecule has 1 aromatic rings. The zero-order valence-corrected chi connectivity index (χ0v) is 13.5. The number of amides is 1. The van der Waals surface area contributed by atoms with Gasteiger partial charge in [0.25, 0.3) is 0 Å². The van der Waals surface area contributed by atoms with Gasteiger partial charge in [-0.25, -0.2) is 0 Å². The number of benzene rings is 1. The maximum atomic E-state index is 11.7. The van der Waals surface area contributed by atoms with E-state index in [1.165, 1.54) is 0 Å². The number of nitrogens with one attached hydrogen (secondary N) is 2. The van der Waals surface area contributed by atoms with Gasteiger partial charge in [0, 0.05) is 18.2 Å². The maximum Gasteiger partial charge on any atom is 0.238 e. The molecule has 116 valence electrons. The summed E-state index contributed by atoms with van der Waals surface area (Å²) in [5.41, 5.74) is 0. The minimum Gasteiger partial charge on any atom is -0.489 e. The van der Waals surface area contributed by atoms with E-state index in [0.717, 1.165) is 11.6 Å². The van der Waals surface area contributed by atoms with E-state index in [9.17, 15) is 9.90 Å². The molecular weight excluding hydrogens is 335 g/mol. The molecule has 1 aliphatic rings. The number of carbonyl (C=O) groups is 1. The highest BCUT2D eigenvalue weighted by Gasteiger charge is 2.22. The standard InChI is InChI=1S/C13H16Cl2N2O3S/c14-9-2-1-3-11(12(9)15)20-5-8(18)4-16-13(19)10-6-21-7-17-10/h1-3,8,10,17-18H,4-7H2,(H,16,19)/t8-,10-/m1/s1. The van der Waals surface area contributed by atoms with Gasteiger partial charge in [0.05, 0.1) is 11.1 Å². The Morgan fingerprint density at radius 3 is 3.10 bits per heavy atom. The number of halogens is 2. The van der Waals surface area contributed by atoms with Gasteiger partial charge in [-0.2, -0.15) is 0 Å². The number of aliphatic hydroxyl groups is 1. The molecule has 0 saturated carbocycles. The second kappa shape index (κ2) is 8.10. The Bertz CT molecular complexity index is 498. The van der Waals surface area contributed by atoms with Crippen LogP contribution in [-0.2, 0) is 4.79 Å². The fourth-order valence-corrected chi connectivity index (χ4v) is 3.03. The van der Waals surface area contributed by atoms with Gasteiger partial charge in [0.1, 0.15) is 23.5 Å². The molecule has 0 spiro atoms. The van der Waals surface area contributed by atoms with Crippen LogP contribution in [0.1, 0.15) is 0 Å². The van der Waals surface area contributed by atoms with Crippen LogP contribution in [0.2, 0.25) is 10.0 Å². The zero-order chi connectivity index (χ0) is 15.2. The lowest BCUT2D eigenvalue weighted by Crippen LogP contribution is -2.45. The van der Waals surface area contributed by atoms with Crippen LogP contribution < -0.4 is 15.4 Å². The predicted molar refractivity (Wildman–Crippen MR) is 85.2 cm³/mol. The average molecular weight is 351 g/mol. The van der Waals surface area contributed by atoms with Crippen LogP contribution in [0.15, 0.2) is 18.2 Å². The molecule has 2 rings (SSSR count).